The molecule has 0 aliphatic heterocycles. The van der Waals surface area contributed by atoms with Gasteiger partial charge in [0.05, 0.1) is 12.5 Å². The van der Waals surface area contributed by atoms with Crippen molar-refractivity contribution in [1.82, 2.24) is 0 Å². The number of Topliss-reactive ketones (excluding diaryl/α,β-unsaturated/α-hetero) is 1. The van der Waals surface area contributed by atoms with E-state index < -0.39 is 0 Å². The molecule has 0 amide bonds. The number of carbonyl (C=O) groups excluding carboxylic acids is 1. The van der Waals surface area contributed by atoms with Crippen molar-refractivity contribution in [3.05, 3.63) is 12.7 Å². The largest absolute Gasteiger partial charge is 0.395 e. The van der Waals surface area contributed by atoms with Crippen LogP contribution in [0.2, 0.25) is 0 Å². The minimum Gasteiger partial charge on any atom is -0.395 e. The van der Waals surface area contributed by atoms with Gasteiger partial charge in [-0.1, -0.05) is 13.0 Å². The first-order valence-corrected chi connectivity index (χ1v) is 3.52. The average molecular weight is 142 g/mol. The molecule has 58 valence electrons. The summed E-state index contributed by atoms with van der Waals surface area (Å²) in [6.07, 6.45) is 2.87. The van der Waals surface area contributed by atoms with Crippen LogP contribution in [-0.4, -0.2) is 17.5 Å². The first-order chi connectivity index (χ1) is 4.76. The molecule has 0 bridgehead atoms. The van der Waals surface area contributed by atoms with Gasteiger partial charge in [-0.15, -0.1) is 6.58 Å². The van der Waals surface area contributed by atoms with E-state index >= 15 is 0 Å². The Morgan fingerprint density at radius 2 is 2.40 bits per heavy atom. The molecule has 2 heteroatoms. The highest BCUT2D eigenvalue weighted by Crippen LogP contribution is 2.03. The molecule has 2 nitrogen and oxygen atoms in total. The molecule has 0 aliphatic rings. The molecule has 0 aromatic carbocycles. The van der Waals surface area contributed by atoms with Gasteiger partial charge in [0.2, 0.25) is 0 Å². The predicted octanol–water partition coefficient (Wildman–Crippen LogP) is 1.15. The molecule has 0 aromatic heterocycles. The van der Waals surface area contributed by atoms with Crippen molar-refractivity contribution in [3.63, 3.8) is 0 Å². The van der Waals surface area contributed by atoms with Crippen LogP contribution in [0.4, 0.5) is 0 Å². The number of hydrogen-bond donors (Lipinski definition) is 1. The monoisotopic (exact) mass is 142 g/mol. The maximum atomic E-state index is 11.0. The summed E-state index contributed by atoms with van der Waals surface area (Å²) in [6, 6.07) is 0. The molecule has 0 fully saturated rings. The summed E-state index contributed by atoms with van der Waals surface area (Å²) < 4.78 is 0. The Balaban J connectivity index is 3.76. The number of ketones is 1. The van der Waals surface area contributed by atoms with E-state index in [-0.39, 0.29) is 18.3 Å². The van der Waals surface area contributed by atoms with E-state index in [0.29, 0.717) is 6.42 Å². The number of aliphatic hydroxyl groups is 1. The van der Waals surface area contributed by atoms with Crippen LogP contribution >= 0.6 is 0 Å². The molecule has 0 spiro atoms. The van der Waals surface area contributed by atoms with Crippen LogP contribution in [0.3, 0.4) is 0 Å². The van der Waals surface area contributed by atoms with E-state index in [1.165, 1.54) is 6.08 Å². The van der Waals surface area contributed by atoms with Crippen molar-refractivity contribution in [3.8, 4) is 0 Å². The smallest absolute Gasteiger partial charge is 0.142 e. The van der Waals surface area contributed by atoms with E-state index in [2.05, 4.69) is 6.58 Å². The van der Waals surface area contributed by atoms with E-state index in [1.54, 1.807) is 0 Å². The summed E-state index contributed by atoms with van der Waals surface area (Å²) in [5.41, 5.74) is 0. The second-order valence-corrected chi connectivity index (χ2v) is 2.24. The van der Waals surface area contributed by atoms with Crippen molar-refractivity contribution >= 4 is 5.78 Å². The van der Waals surface area contributed by atoms with Gasteiger partial charge < -0.3 is 5.11 Å². The third-order valence-corrected chi connectivity index (χ3v) is 1.39. The molecule has 0 saturated heterocycles. The Morgan fingerprint density at radius 1 is 1.80 bits per heavy atom. The van der Waals surface area contributed by atoms with Gasteiger partial charge in [0, 0.05) is 6.42 Å². The molecule has 10 heavy (non-hydrogen) atoms. The molecule has 0 heterocycles. The second kappa shape index (κ2) is 5.18. The molecule has 1 atom stereocenters. The molecule has 1 unspecified atom stereocenters. The Hall–Kier alpha value is -0.630. The van der Waals surface area contributed by atoms with E-state index in [9.17, 15) is 4.79 Å². The lowest BCUT2D eigenvalue weighted by Gasteiger charge is -2.04. The van der Waals surface area contributed by atoms with Crippen LogP contribution in [0, 0.1) is 5.92 Å². The maximum Gasteiger partial charge on any atom is 0.142 e. The number of hydrogen-bond acceptors (Lipinski definition) is 2. The summed E-state index contributed by atoms with van der Waals surface area (Å²) in [7, 11) is 0. The number of carbonyl (C=O) groups is 1. The highest BCUT2D eigenvalue weighted by Gasteiger charge is 2.11. The van der Waals surface area contributed by atoms with Gasteiger partial charge >= 0.3 is 0 Å². The summed E-state index contributed by atoms with van der Waals surface area (Å²) >= 11 is 0. The molecule has 0 aliphatic carbocycles. The Morgan fingerprint density at radius 3 is 2.70 bits per heavy atom. The molecular weight excluding hydrogens is 128 g/mol. The molecular formula is C8H14O2. The fourth-order valence-electron chi connectivity index (χ4n) is 0.740. The maximum absolute atomic E-state index is 11.0. The Labute approximate surface area is 61.6 Å². The summed E-state index contributed by atoms with van der Waals surface area (Å²) in [5.74, 6) is -0.264. The lowest BCUT2D eigenvalue weighted by Crippen LogP contribution is -2.15. The number of aliphatic hydroxyl groups excluding tert-OH is 1. The normalized spacial score (nSPS) is 12.6. The quantitative estimate of drug-likeness (QED) is 0.585. The van der Waals surface area contributed by atoms with Gasteiger partial charge in [-0.2, -0.15) is 0 Å². The predicted molar refractivity (Wildman–Crippen MR) is 40.7 cm³/mol. The second-order valence-electron chi connectivity index (χ2n) is 2.24. The van der Waals surface area contributed by atoms with Crippen LogP contribution in [0.1, 0.15) is 19.8 Å². The van der Waals surface area contributed by atoms with Crippen LogP contribution in [-0.2, 0) is 4.79 Å². The lowest BCUT2D eigenvalue weighted by atomic mass is 10.0. The fraction of sp³-hybridized carbons (Fsp3) is 0.625. The van der Waals surface area contributed by atoms with E-state index in [1.807, 2.05) is 6.92 Å². The fourth-order valence-corrected chi connectivity index (χ4v) is 0.740. The Bertz CT molecular complexity index is 118. The third kappa shape index (κ3) is 2.78. The van der Waals surface area contributed by atoms with E-state index in [4.69, 9.17) is 5.11 Å². The lowest BCUT2D eigenvalue weighted by molar-refractivity contribution is -0.122. The van der Waals surface area contributed by atoms with Crippen molar-refractivity contribution in [2.24, 2.45) is 5.92 Å². The van der Waals surface area contributed by atoms with Gasteiger partial charge in [0.25, 0.3) is 0 Å². The molecule has 0 rings (SSSR count). The minimum absolute atomic E-state index is 0.0833. The first-order valence-electron chi connectivity index (χ1n) is 3.52. The van der Waals surface area contributed by atoms with Gasteiger partial charge in [-0.3, -0.25) is 4.79 Å². The van der Waals surface area contributed by atoms with Gasteiger partial charge in [0.15, 0.2) is 0 Å². The Kier molecular flexibility index (Phi) is 4.85. The van der Waals surface area contributed by atoms with Gasteiger partial charge in [-0.05, 0) is 6.42 Å². The summed E-state index contributed by atoms with van der Waals surface area (Å²) in [4.78, 5) is 11.0. The third-order valence-electron chi connectivity index (χ3n) is 1.39. The highest BCUT2D eigenvalue weighted by atomic mass is 16.3. The summed E-state index contributed by atoms with van der Waals surface area (Å²) in [5, 5.41) is 8.63. The number of rotatable bonds is 5. The zero-order chi connectivity index (χ0) is 7.98. The SMILES string of the molecule is C=CC(CO)C(=O)CCC. The van der Waals surface area contributed by atoms with Gasteiger partial charge in [0.1, 0.15) is 5.78 Å². The van der Waals surface area contributed by atoms with Crippen molar-refractivity contribution < 1.29 is 9.90 Å². The molecule has 0 radical (unpaired) electrons. The summed E-state index contributed by atoms with van der Waals surface area (Å²) in [6.45, 7) is 5.29. The van der Waals surface area contributed by atoms with Crippen LogP contribution in [0.5, 0.6) is 0 Å². The molecule has 1 N–H and O–H groups in total. The van der Waals surface area contributed by atoms with Crippen molar-refractivity contribution in [1.29, 1.82) is 0 Å². The van der Waals surface area contributed by atoms with E-state index in [0.717, 1.165) is 6.42 Å². The first kappa shape index (κ1) is 9.37. The van der Waals surface area contributed by atoms with Crippen molar-refractivity contribution in [2.45, 2.75) is 19.8 Å². The molecule has 0 saturated carbocycles. The zero-order valence-corrected chi connectivity index (χ0v) is 6.34. The van der Waals surface area contributed by atoms with Gasteiger partial charge in [-0.25, -0.2) is 0 Å². The highest BCUT2D eigenvalue weighted by molar-refractivity contribution is 5.82. The standard InChI is InChI=1S/C8H14O2/c1-3-5-8(10)7(4-2)6-9/h4,7,9H,2-3,5-6H2,1H3. The van der Waals surface area contributed by atoms with Crippen LogP contribution in [0.25, 0.3) is 0 Å². The zero-order valence-electron chi connectivity index (χ0n) is 6.34. The molecule has 0 aromatic rings. The van der Waals surface area contributed by atoms with Crippen molar-refractivity contribution in [2.75, 3.05) is 6.61 Å². The minimum atomic E-state index is -0.347. The van der Waals surface area contributed by atoms with Crippen LogP contribution < -0.4 is 0 Å². The average Bonchev–Trinajstić information content (AvgIpc) is 1.91. The topological polar surface area (TPSA) is 37.3 Å². The van der Waals surface area contributed by atoms with Crippen LogP contribution in [0.15, 0.2) is 12.7 Å².